The molecule has 154 valence electrons. The molecule has 3 rings (SSSR count). The van der Waals surface area contributed by atoms with Crippen LogP contribution in [0.4, 0.5) is 20.6 Å². The molecule has 0 aromatic heterocycles. The number of nitrogens with zero attached hydrogens (tertiary/aromatic N) is 2. The summed E-state index contributed by atoms with van der Waals surface area (Å²) >= 11 is 0. The van der Waals surface area contributed by atoms with Crippen molar-refractivity contribution < 1.29 is 28.6 Å². The lowest BCUT2D eigenvalue weighted by atomic mass is 9.92. The van der Waals surface area contributed by atoms with Crippen LogP contribution in [0.3, 0.4) is 0 Å². The summed E-state index contributed by atoms with van der Waals surface area (Å²) in [7, 11) is 1.55. The Balaban J connectivity index is 1.65. The molecule has 0 spiro atoms. The molecule has 1 aromatic carbocycles. The Labute approximate surface area is 163 Å². The third-order valence-corrected chi connectivity index (χ3v) is 5.14. The van der Waals surface area contributed by atoms with Crippen molar-refractivity contribution in [3.63, 3.8) is 0 Å². The maximum absolute atomic E-state index is 14.7. The van der Waals surface area contributed by atoms with Crippen LogP contribution >= 0.6 is 0 Å². The number of carbonyl (C=O) groups is 2. The first-order valence-electron chi connectivity index (χ1n) is 9.30. The molecule has 0 bridgehead atoms. The predicted molar refractivity (Wildman–Crippen MR) is 101 cm³/mol. The highest BCUT2D eigenvalue weighted by molar-refractivity contribution is 5.90. The van der Waals surface area contributed by atoms with Crippen LogP contribution in [0.25, 0.3) is 0 Å². The smallest absolute Gasteiger partial charge is 0.414 e. The first-order valence-corrected chi connectivity index (χ1v) is 9.30. The zero-order valence-corrected chi connectivity index (χ0v) is 16.1. The standard InChI is InChI=1S/C19H26FN3O5/c1-13(24)21-10-15-11-23(18(25)28-15)14-3-4-17(16(20)9-14)22-7-5-19(26,6-8-22)12-27-2/h3-4,9,15,26H,5-8,10-12H2,1-2H3,(H,21,24). The number of anilines is 2. The monoisotopic (exact) mass is 395 g/mol. The number of piperidine rings is 1. The molecule has 2 fully saturated rings. The highest BCUT2D eigenvalue weighted by Crippen LogP contribution is 2.31. The van der Waals surface area contributed by atoms with Gasteiger partial charge in [0.15, 0.2) is 0 Å². The fourth-order valence-electron chi connectivity index (χ4n) is 3.59. The second-order valence-electron chi connectivity index (χ2n) is 7.33. The maximum atomic E-state index is 14.7. The molecule has 8 nitrogen and oxygen atoms in total. The lowest BCUT2D eigenvalue weighted by Gasteiger charge is -2.39. The van der Waals surface area contributed by atoms with Gasteiger partial charge in [0, 0.05) is 27.1 Å². The SMILES string of the molecule is COCC1(O)CCN(c2ccc(N3CC(CNC(C)=O)OC3=O)cc2F)CC1. The zero-order chi connectivity index (χ0) is 20.3. The minimum Gasteiger partial charge on any atom is -0.442 e. The van der Waals surface area contributed by atoms with Gasteiger partial charge < -0.3 is 24.8 Å². The molecule has 1 atom stereocenters. The van der Waals surface area contributed by atoms with Crippen LogP contribution in [0, 0.1) is 5.82 Å². The number of hydrogen-bond donors (Lipinski definition) is 2. The number of amides is 2. The first kappa shape index (κ1) is 20.3. The molecule has 0 saturated carbocycles. The van der Waals surface area contributed by atoms with Gasteiger partial charge in [-0.2, -0.15) is 0 Å². The van der Waals surface area contributed by atoms with Gasteiger partial charge in [-0.1, -0.05) is 0 Å². The maximum Gasteiger partial charge on any atom is 0.414 e. The van der Waals surface area contributed by atoms with Gasteiger partial charge >= 0.3 is 6.09 Å². The van der Waals surface area contributed by atoms with Crippen LogP contribution in [-0.2, 0) is 14.3 Å². The van der Waals surface area contributed by atoms with Crippen molar-refractivity contribution in [2.24, 2.45) is 0 Å². The molecule has 2 saturated heterocycles. The van der Waals surface area contributed by atoms with Crippen LogP contribution in [-0.4, -0.2) is 68.7 Å². The Hall–Kier alpha value is -2.39. The summed E-state index contributed by atoms with van der Waals surface area (Å²) in [6.45, 7) is 3.14. The molecule has 9 heteroatoms. The Morgan fingerprint density at radius 2 is 2.14 bits per heavy atom. The van der Waals surface area contributed by atoms with E-state index < -0.39 is 23.6 Å². The van der Waals surface area contributed by atoms with Crippen molar-refractivity contribution in [1.29, 1.82) is 0 Å². The first-order chi connectivity index (χ1) is 13.3. The van der Waals surface area contributed by atoms with Gasteiger partial charge in [0.1, 0.15) is 11.9 Å². The van der Waals surface area contributed by atoms with Gasteiger partial charge in [-0.3, -0.25) is 9.69 Å². The van der Waals surface area contributed by atoms with E-state index in [9.17, 15) is 19.1 Å². The molecule has 2 aliphatic rings. The van der Waals surface area contributed by atoms with Gasteiger partial charge in [-0.05, 0) is 31.0 Å². The number of halogens is 1. The summed E-state index contributed by atoms with van der Waals surface area (Å²) in [6, 6.07) is 4.63. The molecule has 28 heavy (non-hydrogen) atoms. The van der Waals surface area contributed by atoms with Crippen molar-refractivity contribution in [2.45, 2.75) is 31.5 Å². The molecule has 2 N–H and O–H groups in total. The van der Waals surface area contributed by atoms with Crippen LogP contribution < -0.4 is 15.1 Å². The van der Waals surface area contributed by atoms with Gasteiger partial charge in [0.05, 0.1) is 36.7 Å². The minimum absolute atomic E-state index is 0.205. The van der Waals surface area contributed by atoms with E-state index in [2.05, 4.69) is 5.32 Å². The number of carbonyl (C=O) groups excluding carboxylic acids is 2. The highest BCUT2D eigenvalue weighted by Gasteiger charge is 2.35. The van der Waals surface area contributed by atoms with Crippen molar-refractivity contribution >= 4 is 23.4 Å². The van der Waals surface area contributed by atoms with Crippen molar-refractivity contribution in [3.8, 4) is 0 Å². The number of nitrogens with one attached hydrogen (secondary N) is 1. The summed E-state index contributed by atoms with van der Waals surface area (Å²) in [5.41, 5.74) is -0.0285. The van der Waals surface area contributed by atoms with E-state index in [0.717, 1.165) is 0 Å². The van der Waals surface area contributed by atoms with Crippen LogP contribution in [0.1, 0.15) is 19.8 Å². The summed E-state index contributed by atoms with van der Waals surface area (Å²) in [5.74, 6) is -0.642. The fraction of sp³-hybridized carbons (Fsp3) is 0.579. The molecule has 1 unspecified atom stereocenters. The quantitative estimate of drug-likeness (QED) is 0.754. The number of ether oxygens (including phenoxy) is 2. The number of cyclic esters (lactones) is 1. The Bertz CT molecular complexity index is 736. The molecule has 0 radical (unpaired) electrons. The number of aliphatic hydroxyl groups is 1. The Morgan fingerprint density at radius 3 is 2.75 bits per heavy atom. The summed E-state index contributed by atoms with van der Waals surface area (Å²) in [4.78, 5) is 26.3. The molecule has 2 aliphatic heterocycles. The van der Waals surface area contributed by atoms with E-state index >= 15 is 0 Å². The van der Waals surface area contributed by atoms with E-state index in [1.54, 1.807) is 19.2 Å². The number of hydrogen-bond acceptors (Lipinski definition) is 6. The van der Waals surface area contributed by atoms with E-state index in [1.165, 1.54) is 17.9 Å². The zero-order valence-electron chi connectivity index (χ0n) is 16.1. The lowest BCUT2D eigenvalue weighted by molar-refractivity contribution is -0.119. The van der Waals surface area contributed by atoms with Crippen LogP contribution in [0.15, 0.2) is 18.2 Å². The minimum atomic E-state index is -0.871. The van der Waals surface area contributed by atoms with E-state index in [0.29, 0.717) is 37.3 Å². The second-order valence-corrected chi connectivity index (χ2v) is 7.33. The van der Waals surface area contributed by atoms with Gasteiger partial charge in [-0.15, -0.1) is 0 Å². The van der Waals surface area contributed by atoms with Gasteiger partial charge in [0.25, 0.3) is 0 Å². The Kier molecular flexibility index (Phi) is 6.04. The number of methoxy groups -OCH3 is 1. The number of benzene rings is 1. The van der Waals surface area contributed by atoms with E-state index in [1.807, 2.05) is 4.90 Å². The molecular weight excluding hydrogens is 369 g/mol. The van der Waals surface area contributed by atoms with Crippen LogP contribution in [0.2, 0.25) is 0 Å². The molecule has 2 amide bonds. The lowest BCUT2D eigenvalue weighted by Crippen LogP contribution is -2.47. The third-order valence-electron chi connectivity index (χ3n) is 5.14. The average molecular weight is 395 g/mol. The van der Waals surface area contributed by atoms with Gasteiger partial charge in [0.2, 0.25) is 5.91 Å². The summed E-state index contributed by atoms with van der Waals surface area (Å²) in [5, 5.41) is 13.0. The predicted octanol–water partition coefficient (Wildman–Crippen LogP) is 1.26. The molecular formula is C19H26FN3O5. The number of rotatable bonds is 6. The average Bonchev–Trinajstić information content (AvgIpc) is 3.02. The Morgan fingerprint density at radius 1 is 1.43 bits per heavy atom. The summed E-state index contributed by atoms with van der Waals surface area (Å²) in [6.07, 6.45) is -0.0545. The second kappa shape index (κ2) is 8.32. The third kappa shape index (κ3) is 4.53. The van der Waals surface area contributed by atoms with E-state index in [4.69, 9.17) is 9.47 Å². The normalized spacial score (nSPS) is 21.6. The molecule has 1 aromatic rings. The van der Waals surface area contributed by atoms with E-state index in [-0.39, 0.29) is 25.6 Å². The largest absolute Gasteiger partial charge is 0.442 e. The fourth-order valence-corrected chi connectivity index (χ4v) is 3.59. The van der Waals surface area contributed by atoms with Crippen molar-refractivity contribution in [3.05, 3.63) is 24.0 Å². The van der Waals surface area contributed by atoms with Crippen molar-refractivity contribution in [2.75, 3.05) is 49.7 Å². The highest BCUT2D eigenvalue weighted by atomic mass is 19.1. The topological polar surface area (TPSA) is 91.3 Å². The van der Waals surface area contributed by atoms with Crippen molar-refractivity contribution in [1.82, 2.24) is 5.32 Å². The summed E-state index contributed by atoms with van der Waals surface area (Å²) < 4.78 is 25.0. The van der Waals surface area contributed by atoms with Gasteiger partial charge in [-0.25, -0.2) is 9.18 Å². The molecule has 0 aliphatic carbocycles. The molecule has 2 heterocycles. The van der Waals surface area contributed by atoms with Crippen LogP contribution in [0.5, 0.6) is 0 Å².